The van der Waals surface area contributed by atoms with Crippen molar-refractivity contribution >= 4 is 17.2 Å². The monoisotopic (exact) mass is 369 g/mol. The molecule has 0 saturated carbocycles. The number of benzene rings is 1. The molecule has 0 radical (unpaired) electrons. The fourth-order valence-electron chi connectivity index (χ4n) is 2.72. The smallest absolute Gasteiger partial charge is 0.236 e. The molecule has 0 aliphatic heterocycles. The van der Waals surface area contributed by atoms with Crippen LogP contribution in [0.5, 0.6) is 0 Å². The van der Waals surface area contributed by atoms with Gasteiger partial charge in [-0.15, -0.1) is 0 Å². The lowest BCUT2D eigenvalue weighted by Gasteiger charge is -2.27. The Hall–Kier alpha value is -2.51. The second-order valence-corrected chi connectivity index (χ2v) is 7.18. The summed E-state index contributed by atoms with van der Waals surface area (Å²) in [5.74, 6) is 0.116. The Labute approximate surface area is 157 Å². The number of aromatic nitrogens is 3. The van der Waals surface area contributed by atoms with Crippen LogP contribution in [0.2, 0.25) is 0 Å². The molecule has 1 amide bonds. The number of rotatable bonds is 7. The molecule has 1 aromatic carbocycles. The van der Waals surface area contributed by atoms with E-state index >= 15 is 0 Å². The standard InChI is InChI=1S/C19H23N5OS/c1-15(17-4-6-18(7-5-17)24-14-20-13-21-24)22(2)11-19(25)23(3)10-16-8-9-26-12-16/h4-9,12-15H,10-11H2,1-3H3. The highest BCUT2D eigenvalue weighted by molar-refractivity contribution is 7.07. The van der Waals surface area contributed by atoms with Gasteiger partial charge in [-0.25, -0.2) is 9.67 Å². The number of carbonyl (C=O) groups is 1. The molecule has 136 valence electrons. The highest BCUT2D eigenvalue weighted by Crippen LogP contribution is 2.20. The fourth-order valence-corrected chi connectivity index (χ4v) is 3.38. The fraction of sp³-hybridized carbons (Fsp3) is 0.316. The van der Waals surface area contributed by atoms with Crippen molar-refractivity contribution in [3.8, 4) is 5.69 Å². The summed E-state index contributed by atoms with van der Waals surface area (Å²) in [5, 5.41) is 8.24. The van der Waals surface area contributed by atoms with E-state index in [1.165, 1.54) is 11.9 Å². The molecule has 3 rings (SSSR count). The summed E-state index contributed by atoms with van der Waals surface area (Å²) in [6.45, 7) is 3.14. The minimum Gasteiger partial charge on any atom is -0.340 e. The zero-order chi connectivity index (χ0) is 18.5. The summed E-state index contributed by atoms with van der Waals surface area (Å²) in [7, 11) is 3.83. The SMILES string of the molecule is CC(c1ccc(-n2cncn2)cc1)N(C)CC(=O)N(C)Cc1ccsc1. The van der Waals surface area contributed by atoms with Gasteiger partial charge in [-0.2, -0.15) is 16.4 Å². The van der Waals surface area contributed by atoms with Crippen molar-refractivity contribution in [1.82, 2.24) is 24.6 Å². The van der Waals surface area contributed by atoms with E-state index in [-0.39, 0.29) is 11.9 Å². The minimum atomic E-state index is 0.116. The Balaban J connectivity index is 1.58. The van der Waals surface area contributed by atoms with Gasteiger partial charge in [0.25, 0.3) is 0 Å². The zero-order valence-electron chi connectivity index (χ0n) is 15.2. The predicted molar refractivity (Wildman–Crippen MR) is 103 cm³/mol. The van der Waals surface area contributed by atoms with Gasteiger partial charge in [0.1, 0.15) is 12.7 Å². The quantitative estimate of drug-likeness (QED) is 0.642. The van der Waals surface area contributed by atoms with E-state index in [2.05, 4.69) is 45.5 Å². The number of carbonyl (C=O) groups excluding carboxylic acids is 1. The minimum absolute atomic E-state index is 0.116. The van der Waals surface area contributed by atoms with Crippen LogP contribution in [0.1, 0.15) is 24.1 Å². The summed E-state index contributed by atoms with van der Waals surface area (Å²) < 4.78 is 1.72. The average Bonchev–Trinajstić information content (AvgIpc) is 3.35. The van der Waals surface area contributed by atoms with Gasteiger partial charge in [0.05, 0.1) is 12.2 Å². The van der Waals surface area contributed by atoms with Gasteiger partial charge < -0.3 is 4.90 Å². The molecular formula is C19H23N5OS. The average molecular weight is 369 g/mol. The Morgan fingerprint density at radius 3 is 2.62 bits per heavy atom. The van der Waals surface area contributed by atoms with Crippen LogP contribution in [-0.2, 0) is 11.3 Å². The first kappa shape index (κ1) is 18.3. The predicted octanol–water partition coefficient (Wildman–Crippen LogP) is 2.98. The van der Waals surface area contributed by atoms with Crippen LogP contribution in [0.25, 0.3) is 5.69 Å². The van der Waals surface area contributed by atoms with Gasteiger partial charge in [0.2, 0.25) is 5.91 Å². The third-order valence-electron chi connectivity index (χ3n) is 4.53. The van der Waals surface area contributed by atoms with Gasteiger partial charge >= 0.3 is 0 Å². The topological polar surface area (TPSA) is 54.3 Å². The van der Waals surface area contributed by atoms with Crippen molar-refractivity contribution in [1.29, 1.82) is 0 Å². The van der Waals surface area contributed by atoms with E-state index in [0.29, 0.717) is 13.1 Å². The van der Waals surface area contributed by atoms with E-state index < -0.39 is 0 Å². The zero-order valence-corrected chi connectivity index (χ0v) is 16.1. The first-order valence-corrected chi connectivity index (χ1v) is 9.39. The van der Waals surface area contributed by atoms with Crippen molar-refractivity contribution in [2.24, 2.45) is 0 Å². The largest absolute Gasteiger partial charge is 0.340 e. The maximum absolute atomic E-state index is 12.5. The van der Waals surface area contributed by atoms with Crippen LogP contribution in [-0.4, -0.2) is 51.1 Å². The van der Waals surface area contributed by atoms with E-state index in [4.69, 9.17) is 0 Å². The molecule has 0 fully saturated rings. The highest BCUT2D eigenvalue weighted by atomic mass is 32.1. The normalized spacial score (nSPS) is 12.3. The van der Waals surface area contributed by atoms with Crippen molar-refractivity contribution in [3.05, 3.63) is 64.9 Å². The number of likely N-dealkylation sites (N-methyl/N-ethyl adjacent to an activating group) is 2. The van der Waals surface area contributed by atoms with E-state index in [0.717, 1.165) is 11.3 Å². The second-order valence-electron chi connectivity index (χ2n) is 6.40. The van der Waals surface area contributed by atoms with Crippen LogP contribution in [0.3, 0.4) is 0 Å². The second kappa shape index (κ2) is 8.25. The van der Waals surface area contributed by atoms with Crippen LogP contribution in [0, 0.1) is 0 Å². The number of hydrogen-bond acceptors (Lipinski definition) is 5. The van der Waals surface area contributed by atoms with E-state index in [9.17, 15) is 4.79 Å². The lowest BCUT2D eigenvalue weighted by Crippen LogP contribution is -2.37. The molecular weight excluding hydrogens is 346 g/mol. The summed E-state index contributed by atoms with van der Waals surface area (Å²) >= 11 is 1.65. The maximum Gasteiger partial charge on any atom is 0.236 e. The van der Waals surface area contributed by atoms with Gasteiger partial charge in [-0.05, 0) is 54.1 Å². The van der Waals surface area contributed by atoms with Gasteiger partial charge in [-0.1, -0.05) is 12.1 Å². The molecule has 26 heavy (non-hydrogen) atoms. The van der Waals surface area contributed by atoms with Gasteiger partial charge in [-0.3, -0.25) is 9.69 Å². The molecule has 0 aliphatic rings. The molecule has 1 unspecified atom stereocenters. The van der Waals surface area contributed by atoms with Crippen molar-refractivity contribution in [2.75, 3.05) is 20.6 Å². The van der Waals surface area contributed by atoms with Crippen molar-refractivity contribution in [3.63, 3.8) is 0 Å². The number of thiophene rings is 1. The van der Waals surface area contributed by atoms with Crippen LogP contribution >= 0.6 is 11.3 Å². The molecule has 0 saturated heterocycles. The molecule has 6 nitrogen and oxygen atoms in total. The van der Waals surface area contributed by atoms with E-state index in [1.54, 1.807) is 27.2 Å². The number of amides is 1. The molecule has 0 spiro atoms. The summed E-state index contributed by atoms with van der Waals surface area (Å²) in [4.78, 5) is 20.3. The van der Waals surface area contributed by atoms with Crippen molar-refractivity contribution in [2.45, 2.75) is 19.5 Å². The number of hydrogen-bond donors (Lipinski definition) is 0. The molecule has 7 heteroatoms. The molecule has 3 aromatic rings. The third-order valence-corrected chi connectivity index (χ3v) is 5.26. The lowest BCUT2D eigenvalue weighted by atomic mass is 10.1. The first-order chi connectivity index (χ1) is 12.5. The molecule has 0 N–H and O–H groups in total. The molecule has 1 atom stereocenters. The molecule has 0 aliphatic carbocycles. The van der Waals surface area contributed by atoms with Gasteiger partial charge in [0.15, 0.2) is 0 Å². The van der Waals surface area contributed by atoms with Crippen LogP contribution in [0.4, 0.5) is 0 Å². The Morgan fingerprint density at radius 2 is 2.00 bits per heavy atom. The summed E-state index contributed by atoms with van der Waals surface area (Å²) in [6.07, 6.45) is 3.19. The Kier molecular flexibility index (Phi) is 5.80. The van der Waals surface area contributed by atoms with Crippen LogP contribution < -0.4 is 0 Å². The van der Waals surface area contributed by atoms with E-state index in [1.807, 2.05) is 31.6 Å². The molecule has 2 heterocycles. The third kappa shape index (κ3) is 4.36. The maximum atomic E-state index is 12.5. The van der Waals surface area contributed by atoms with Gasteiger partial charge in [0, 0.05) is 19.6 Å². The lowest BCUT2D eigenvalue weighted by molar-refractivity contribution is -0.131. The summed E-state index contributed by atoms with van der Waals surface area (Å²) in [5.41, 5.74) is 3.29. The summed E-state index contributed by atoms with van der Waals surface area (Å²) in [6, 6.07) is 10.4. The molecule has 2 aromatic heterocycles. The van der Waals surface area contributed by atoms with Crippen molar-refractivity contribution < 1.29 is 4.79 Å². The number of nitrogens with zero attached hydrogens (tertiary/aromatic N) is 5. The van der Waals surface area contributed by atoms with Crippen LogP contribution in [0.15, 0.2) is 53.7 Å². The Morgan fingerprint density at radius 1 is 1.23 bits per heavy atom. The highest BCUT2D eigenvalue weighted by Gasteiger charge is 2.17. The molecule has 0 bridgehead atoms. The Bertz CT molecular complexity index is 814. The first-order valence-electron chi connectivity index (χ1n) is 8.45.